The molecule has 1 saturated carbocycles. The maximum Gasteiger partial charge on any atom is 0.421 e. The van der Waals surface area contributed by atoms with Gasteiger partial charge in [-0.25, -0.2) is 9.36 Å². The Kier molecular flexibility index (Phi) is 9.92. The summed E-state index contributed by atoms with van der Waals surface area (Å²) < 4.78 is 55.1. The van der Waals surface area contributed by atoms with Gasteiger partial charge in [-0.05, 0) is 81.2 Å². The molecule has 2 atom stereocenters. The van der Waals surface area contributed by atoms with Crippen molar-refractivity contribution < 1.29 is 27.1 Å². The standard InChI is InChI=1S/C31H43F3N4O4Si/c1-21-23(7-8-26-28(21)42-29(40)38(26)20-41-15-16-43(4,5)6)17-24(37(2)3)19-36-27(39)18-25(22-9-13-35-14-10-22)30(11-12-30)31(32,33)34/h7-10,13-14,24-25H,11-12,15-20H2,1-6H3,(H,36,39)/t24-,25+/m0/s1. The van der Waals surface area contributed by atoms with Gasteiger partial charge in [-0.2, -0.15) is 13.2 Å². The van der Waals surface area contributed by atoms with E-state index in [4.69, 9.17) is 9.15 Å². The number of fused-ring (bicyclic) bond motifs is 1. The van der Waals surface area contributed by atoms with E-state index in [1.807, 2.05) is 38.1 Å². The summed E-state index contributed by atoms with van der Waals surface area (Å²) in [4.78, 5) is 31.6. The molecule has 1 aliphatic carbocycles. The number of benzene rings is 1. The molecule has 0 radical (unpaired) electrons. The first-order valence-electron chi connectivity index (χ1n) is 14.7. The van der Waals surface area contributed by atoms with Crippen LogP contribution in [0.4, 0.5) is 13.2 Å². The molecule has 1 amide bonds. The lowest BCUT2D eigenvalue weighted by molar-refractivity contribution is -0.194. The number of hydrogen-bond donors (Lipinski definition) is 1. The molecular weight excluding hydrogens is 577 g/mol. The Labute approximate surface area is 251 Å². The number of halogens is 3. The number of amides is 1. The van der Waals surface area contributed by atoms with Crippen LogP contribution in [-0.2, 0) is 22.7 Å². The second-order valence-electron chi connectivity index (χ2n) is 13.2. The molecule has 1 aliphatic rings. The number of aryl methyl sites for hydroxylation is 1. The van der Waals surface area contributed by atoms with Crippen LogP contribution in [0.5, 0.6) is 0 Å². The maximum atomic E-state index is 14.1. The SMILES string of the molecule is Cc1c(C[C@@H](CNC(=O)C[C@H](c2ccncc2)C2(C(F)(F)F)CC2)N(C)C)ccc2c1oc(=O)n2COCC[Si](C)(C)C. The zero-order valence-corrected chi connectivity index (χ0v) is 26.9. The van der Waals surface area contributed by atoms with Crippen molar-refractivity contribution >= 4 is 25.1 Å². The summed E-state index contributed by atoms with van der Waals surface area (Å²) >= 11 is 0. The summed E-state index contributed by atoms with van der Waals surface area (Å²) in [5, 5.41) is 2.89. The van der Waals surface area contributed by atoms with Crippen molar-refractivity contribution in [3.05, 3.63) is 63.9 Å². The third-order valence-corrected chi connectivity index (χ3v) is 10.4. The third kappa shape index (κ3) is 7.77. The highest BCUT2D eigenvalue weighted by Gasteiger charge is 2.67. The number of nitrogens with zero attached hydrogens (tertiary/aromatic N) is 3. The number of aromatic nitrogens is 2. The number of rotatable bonds is 14. The van der Waals surface area contributed by atoms with Crippen molar-refractivity contribution in [2.45, 2.75) is 83.2 Å². The van der Waals surface area contributed by atoms with Gasteiger partial charge in [0.25, 0.3) is 0 Å². The summed E-state index contributed by atoms with van der Waals surface area (Å²) in [6, 6.07) is 7.78. The molecule has 43 heavy (non-hydrogen) atoms. The molecule has 2 heterocycles. The lowest BCUT2D eigenvalue weighted by atomic mass is 9.80. The lowest BCUT2D eigenvalue weighted by Gasteiger charge is -2.30. The number of carbonyl (C=O) groups is 1. The molecule has 1 aromatic carbocycles. The van der Waals surface area contributed by atoms with Gasteiger partial charge in [0.05, 0.1) is 10.9 Å². The molecule has 2 aromatic heterocycles. The average molecular weight is 621 g/mol. The van der Waals surface area contributed by atoms with Crippen molar-refractivity contribution in [3.63, 3.8) is 0 Å². The molecule has 8 nitrogen and oxygen atoms in total. The fourth-order valence-electron chi connectivity index (χ4n) is 5.55. The molecule has 1 fully saturated rings. The summed E-state index contributed by atoms with van der Waals surface area (Å²) in [6.07, 6.45) is -1.15. The van der Waals surface area contributed by atoms with Gasteiger partial charge < -0.3 is 19.4 Å². The highest BCUT2D eigenvalue weighted by atomic mass is 28.3. The van der Waals surface area contributed by atoms with Crippen molar-refractivity contribution in [1.82, 2.24) is 19.8 Å². The second-order valence-corrected chi connectivity index (χ2v) is 18.8. The van der Waals surface area contributed by atoms with Crippen molar-refractivity contribution in [2.75, 3.05) is 27.2 Å². The van der Waals surface area contributed by atoms with E-state index in [1.165, 1.54) is 17.0 Å². The summed E-state index contributed by atoms with van der Waals surface area (Å²) in [6.45, 7) is 9.66. The molecule has 4 rings (SSSR count). The first-order valence-corrected chi connectivity index (χ1v) is 18.4. The van der Waals surface area contributed by atoms with Crippen LogP contribution in [-0.4, -0.2) is 67.9 Å². The number of oxazole rings is 1. The van der Waals surface area contributed by atoms with E-state index >= 15 is 0 Å². The number of alkyl halides is 3. The van der Waals surface area contributed by atoms with E-state index in [0.29, 0.717) is 29.7 Å². The van der Waals surface area contributed by atoms with E-state index < -0.39 is 37.2 Å². The smallest absolute Gasteiger partial charge is 0.407 e. The minimum atomic E-state index is -4.39. The topological polar surface area (TPSA) is 89.6 Å². The largest absolute Gasteiger partial charge is 0.421 e. The van der Waals surface area contributed by atoms with Gasteiger partial charge >= 0.3 is 11.9 Å². The van der Waals surface area contributed by atoms with Gasteiger partial charge in [-0.3, -0.25) is 9.78 Å². The Balaban J connectivity index is 1.43. The summed E-state index contributed by atoms with van der Waals surface area (Å²) in [5.74, 6) is -1.87. The number of nitrogens with one attached hydrogen (secondary N) is 1. The van der Waals surface area contributed by atoms with E-state index in [2.05, 4.69) is 29.9 Å². The molecule has 0 bridgehead atoms. The third-order valence-electron chi connectivity index (χ3n) is 8.65. The van der Waals surface area contributed by atoms with Gasteiger partial charge in [0.15, 0.2) is 5.58 Å². The van der Waals surface area contributed by atoms with Crippen LogP contribution < -0.4 is 11.1 Å². The summed E-state index contributed by atoms with van der Waals surface area (Å²) in [7, 11) is 2.53. The zero-order chi connectivity index (χ0) is 31.6. The van der Waals surface area contributed by atoms with Crippen LogP contribution in [0.15, 0.2) is 45.9 Å². The van der Waals surface area contributed by atoms with E-state index in [0.717, 1.165) is 17.2 Å². The minimum Gasteiger partial charge on any atom is -0.407 e. The zero-order valence-electron chi connectivity index (χ0n) is 25.9. The Morgan fingerprint density at radius 2 is 1.86 bits per heavy atom. The van der Waals surface area contributed by atoms with Gasteiger partial charge in [0.1, 0.15) is 6.73 Å². The molecule has 0 unspecified atom stereocenters. The number of pyridine rings is 1. The normalized spacial score (nSPS) is 16.4. The van der Waals surface area contributed by atoms with E-state index in [9.17, 15) is 22.8 Å². The molecular formula is C31H43F3N4O4Si. The molecule has 0 saturated heterocycles. The highest BCUT2D eigenvalue weighted by molar-refractivity contribution is 6.76. The number of hydrogen-bond acceptors (Lipinski definition) is 6. The van der Waals surface area contributed by atoms with Gasteiger partial charge in [-0.15, -0.1) is 0 Å². The van der Waals surface area contributed by atoms with Crippen LogP contribution >= 0.6 is 0 Å². The van der Waals surface area contributed by atoms with Crippen molar-refractivity contribution in [1.29, 1.82) is 0 Å². The molecule has 12 heteroatoms. The predicted octanol–water partition coefficient (Wildman–Crippen LogP) is 5.72. The van der Waals surface area contributed by atoms with Crippen LogP contribution in [0, 0.1) is 12.3 Å². The predicted molar refractivity (Wildman–Crippen MR) is 163 cm³/mol. The maximum absolute atomic E-state index is 14.1. The molecule has 3 aromatic rings. The second kappa shape index (κ2) is 13.0. The Hall–Kier alpha value is -2.96. The quantitative estimate of drug-likeness (QED) is 0.183. The van der Waals surface area contributed by atoms with Crippen molar-refractivity contribution in [3.8, 4) is 0 Å². The molecule has 1 N–H and O–H groups in total. The molecule has 0 spiro atoms. The molecule has 236 valence electrons. The van der Waals surface area contributed by atoms with E-state index in [1.54, 1.807) is 12.1 Å². The lowest BCUT2D eigenvalue weighted by Crippen LogP contribution is -2.43. The Morgan fingerprint density at radius 3 is 2.44 bits per heavy atom. The van der Waals surface area contributed by atoms with Gasteiger partial charge in [-0.1, -0.05) is 25.7 Å². The fraction of sp³-hybridized carbons (Fsp3) is 0.581. The van der Waals surface area contributed by atoms with Crippen LogP contribution in [0.1, 0.15) is 41.9 Å². The monoisotopic (exact) mass is 620 g/mol. The van der Waals surface area contributed by atoms with Crippen LogP contribution in [0.25, 0.3) is 11.1 Å². The number of ether oxygens (including phenoxy) is 1. The Bertz CT molecular complexity index is 1460. The van der Waals surface area contributed by atoms with Crippen molar-refractivity contribution in [2.24, 2.45) is 5.41 Å². The van der Waals surface area contributed by atoms with Gasteiger partial charge in [0.2, 0.25) is 5.91 Å². The van der Waals surface area contributed by atoms with E-state index in [-0.39, 0.29) is 38.6 Å². The van der Waals surface area contributed by atoms with Crippen LogP contribution in [0.3, 0.4) is 0 Å². The first kappa shape index (κ1) is 32.9. The van der Waals surface area contributed by atoms with Crippen LogP contribution in [0.2, 0.25) is 25.7 Å². The number of carbonyl (C=O) groups excluding carboxylic acids is 1. The minimum absolute atomic E-state index is 0.0152. The number of likely N-dealkylation sites (N-methyl/N-ethyl adjacent to an activating group) is 1. The molecule has 0 aliphatic heterocycles. The first-order chi connectivity index (χ1) is 20.1. The average Bonchev–Trinajstić information content (AvgIpc) is 3.68. The highest BCUT2D eigenvalue weighted by Crippen LogP contribution is 2.66. The fourth-order valence-corrected chi connectivity index (χ4v) is 6.31. The summed E-state index contributed by atoms with van der Waals surface area (Å²) in [5.41, 5.74) is 1.54. The Morgan fingerprint density at radius 1 is 1.19 bits per heavy atom. The van der Waals surface area contributed by atoms with Gasteiger partial charge in [0, 0.05) is 52.0 Å².